The largest absolute Gasteiger partial charge is 0.378 e. The minimum Gasteiger partial charge on any atom is -0.378 e. The van der Waals surface area contributed by atoms with Crippen LogP contribution in [0.5, 0.6) is 0 Å². The molecule has 1 unspecified atom stereocenters. The molecule has 8 nitrogen and oxygen atoms in total. The van der Waals surface area contributed by atoms with E-state index in [4.69, 9.17) is 9.47 Å². The molecule has 4 rings (SSSR count). The maximum atomic E-state index is 12.5. The molecule has 0 aliphatic carbocycles. The fourth-order valence-corrected chi connectivity index (χ4v) is 4.10. The lowest BCUT2D eigenvalue weighted by molar-refractivity contribution is -0.126. The summed E-state index contributed by atoms with van der Waals surface area (Å²) in [7, 11) is 0. The summed E-state index contributed by atoms with van der Waals surface area (Å²) >= 11 is 0. The van der Waals surface area contributed by atoms with Crippen LogP contribution in [-0.4, -0.2) is 74.5 Å². The predicted molar refractivity (Wildman–Crippen MR) is 102 cm³/mol. The molecule has 27 heavy (non-hydrogen) atoms. The third-order valence-corrected chi connectivity index (χ3v) is 5.72. The molecule has 148 valence electrons. The molecule has 3 fully saturated rings. The molecule has 0 spiro atoms. The summed E-state index contributed by atoms with van der Waals surface area (Å²) < 4.78 is 11.0. The second kappa shape index (κ2) is 8.84. The number of carbonyl (C=O) groups excluding carboxylic acids is 1. The van der Waals surface area contributed by atoms with Gasteiger partial charge in [-0.1, -0.05) is 0 Å². The molecule has 1 aromatic heterocycles. The van der Waals surface area contributed by atoms with E-state index in [1.165, 1.54) is 0 Å². The molecule has 3 saturated heterocycles. The predicted octanol–water partition coefficient (Wildman–Crippen LogP) is 0.825. The topological polar surface area (TPSA) is 79.8 Å². The lowest BCUT2D eigenvalue weighted by Crippen LogP contribution is -2.43. The zero-order valence-corrected chi connectivity index (χ0v) is 15.8. The Morgan fingerprint density at radius 1 is 1.11 bits per heavy atom. The van der Waals surface area contributed by atoms with Crippen molar-refractivity contribution in [1.82, 2.24) is 15.3 Å². The summed E-state index contributed by atoms with van der Waals surface area (Å²) in [5, 5.41) is 3.08. The van der Waals surface area contributed by atoms with Crippen LogP contribution in [0, 0.1) is 5.92 Å². The molecule has 4 heterocycles. The maximum absolute atomic E-state index is 12.5. The Kier molecular flexibility index (Phi) is 6.03. The van der Waals surface area contributed by atoms with Gasteiger partial charge in [0.2, 0.25) is 5.91 Å². The number of amides is 1. The summed E-state index contributed by atoms with van der Waals surface area (Å²) in [5.74, 6) is 1.23. The van der Waals surface area contributed by atoms with Crippen LogP contribution >= 0.6 is 0 Å². The molecule has 3 aliphatic heterocycles. The Labute approximate surface area is 160 Å². The van der Waals surface area contributed by atoms with Crippen LogP contribution in [0.2, 0.25) is 0 Å². The van der Waals surface area contributed by atoms with Gasteiger partial charge in [0.15, 0.2) is 5.82 Å². The third-order valence-electron chi connectivity index (χ3n) is 5.72. The number of morpholine rings is 1. The van der Waals surface area contributed by atoms with E-state index in [9.17, 15) is 4.79 Å². The van der Waals surface area contributed by atoms with Crippen molar-refractivity contribution in [3.05, 3.63) is 12.5 Å². The Hall–Kier alpha value is -1.93. The Morgan fingerprint density at radius 3 is 2.67 bits per heavy atom. The van der Waals surface area contributed by atoms with Gasteiger partial charge in [-0.25, -0.2) is 9.97 Å². The second-order valence-corrected chi connectivity index (χ2v) is 7.47. The molecule has 1 amide bonds. The van der Waals surface area contributed by atoms with Crippen molar-refractivity contribution in [1.29, 1.82) is 0 Å². The zero-order chi connectivity index (χ0) is 18.5. The van der Waals surface area contributed by atoms with Crippen LogP contribution in [-0.2, 0) is 14.3 Å². The number of carbonyl (C=O) groups is 1. The molecular formula is C19H29N5O3. The van der Waals surface area contributed by atoms with Crippen molar-refractivity contribution < 1.29 is 14.3 Å². The van der Waals surface area contributed by atoms with Gasteiger partial charge in [0, 0.05) is 45.2 Å². The summed E-state index contributed by atoms with van der Waals surface area (Å²) in [6.07, 6.45) is 7.57. The van der Waals surface area contributed by atoms with Gasteiger partial charge in [-0.05, 0) is 25.7 Å². The second-order valence-electron chi connectivity index (χ2n) is 7.47. The Bertz CT molecular complexity index is 624. The first kappa shape index (κ1) is 18.4. The van der Waals surface area contributed by atoms with Crippen molar-refractivity contribution in [2.45, 2.75) is 31.8 Å². The van der Waals surface area contributed by atoms with Crippen LogP contribution in [0.3, 0.4) is 0 Å². The van der Waals surface area contributed by atoms with E-state index in [0.717, 1.165) is 83.2 Å². The van der Waals surface area contributed by atoms with Crippen molar-refractivity contribution >= 4 is 17.4 Å². The molecule has 0 saturated carbocycles. The number of hydrogen-bond acceptors (Lipinski definition) is 7. The summed E-state index contributed by atoms with van der Waals surface area (Å²) in [5.41, 5.74) is 1.07. The molecule has 1 N–H and O–H groups in total. The van der Waals surface area contributed by atoms with Gasteiger partial charge in [-0.15, -0.1) is 0 Å². The van der Waals surface area contributed by atoms with Crippen molar-refractivity contribution in [3.63, 3.8) is 0 Å². The number of hydrogen-bond donors (Lipinski definition) is 1. The number of nitrogens with one attached hydrogen (secondary N) is 1. The van der Waals surface area contributed by atoms with E-state index < -0.39 is 0 Å². The van der Waals surface area contributed by atoms with E-state index in [2.05, 4.69) is 25.1 Å². The zero-order valence-electron chi connectivity index (χ0n) is 15.8. The van der Waals surface area contributed by atoms with Gasteiger partial charge >= 0.3 is 0 Å². The Balaban J connectivity index is 1.32. The van der Waals surface area contributed by atoms with E-state index in [1.54, 1.807) is 6.33 Å². The van der Waals surface area contributed by atoms with Gasteiger partial charge in [0.25, 0.3) is 0 Å². The fraction of sp³-hybridized carbons (Fsp3) is 0.737. The standard InChI is InChI=1S/C19H29N5O3/c25-19(21-12-16-2-1-9-27-16)15-3-5-23(6-4-15)17-13-20-14-22-18(17)24-7-10-26-11-8-24/h13-16H,1-12H2,(H,21,25). The van der Waals surface area contributed by atoms with E-state index in [-0.39, 0.29) is 17.9 Å². The quantitative estimate of drug-likeness (QED) is 0.816. The van der Waals surface area contributed by atoms with E-state index >= 15 is 0 Å². The van der Waals surface area contributed by atoms with Crippen molar-refractivity contribution in [2.75, 3.05) is 62.3 Å². The van der Waals surface area contributed by atoms with Crippen LogP contribution < -0.4 is 15.1 Å². The van der Waals surface area contributed by atoms with Crippen LogP contribution in [0.15, 0.2) is 12.5 Å². The first-order chi connectivity index (χ1) is 13.3. The minimum atomic E-state index is 0.0825. The highest BCUT2D eigenvalue weighted by molar-refractivity contribution is 5.79. The SMILES string of the molecule is O=C(NCC1CCCO1)C1CCN(c2cncnc2N2CCOCC2)CC1. The van der Waals surface area contributed by atoms with E-state index in [0.29, 0.717) is 6.54 Å². The fourth-order valence-electron chi connectivity index (χ4n) is 4.10. The highest BCUT2D eigenvalue weighted by Gasteiger charge is 2.28. The molecule has 1 atom stereocenters. The number of rotatable bonds is 5. The first-order valence-electron chi connectivity index (χ1n) is 10.1. The minimum absolute atomic E-state index is 0.0825. The number of ether oxygens (including phenoxy) is 2. The summed E-state index contributed by atoms with van der Waals surface area (Å²) in [6, 6.07) is 0. The van der Waals surface area contributed by atoms with Crippen LogP contribution in [0.25, 0.3) is 0 Å². The maximum Gasteiger partial charge on any atom is 0.223 e. The highest BCUT2D eigenvalue weighted by Crippen LogP contribution is 2.30. The average Bonchev–Trinajstić information content (AvgIpc) is 3.26. The Morgan fingerprint density at radius 2 is 1.93 bits per heavy atom. The molecule has 8 heteroatoms. The number of anilines is 2. The molecule has 1 aromatic rings. The smallest absolute Gasteiger partial charge is 0.223 e. The number of nitrogens with zero attached hydrogens (tertiary/aromatic N) is 4. The highest BCUT2D eigenvalue weighted by atomic mass is 16.5. The lowest BCUT2D eigenvalue weighted by Gasteiger charge is -2.36. The lowest BCUT2D eigenvalue weighted by atomic mass is 9.95. The summed E-state index contributed by atoms with van der Waals surface area (Å²) in [4.78, 5) is 25.8. The third kappa shape index (κ3) is 4.50. The number of piperidine rings is 1. The van der Waals surface area contributed by atoms with Crippen LogP contribution in [0.4, 0.5) is 11.5 Å². The van der Waals surface area contributed by atoms with E-state index in [1.807, 2.05) is 6.20 Å². The molecular weight excluding hydrogens is 346 g/mol. The van der Waals surface area contributed by atoms with Gasteiger partial charge in [-0.3, -0.25) is 4.79 Å². The molecule has 0 aromatic carbocycles. The van der Waals surface area contributed by atoms with Gasteiger partial charge in [0.1, 0.15) is 6.33 Å². The summed E-state index contributed by atoms with van der Waals surface area (Å²) in [6.45, 7) is 6.34. The molecule has 0 bridgehead atoms. The monoisotopic (exact) mass is 375 g/mol. The van der Waals surface area contributed by atoms with Gasteiger partial charge in [-0.2, -0.15) is 0 Å². The first-order valence-corrected chi connectivity index (χ1v) is 10.1. The van der Waals surface area contributed by atoms with Crippen LogP contribution in [0.1, 0.15) is 25.7 Å². The normalized spacial score (nSPS) is 24.2. The average molecular weight is 375 g/mol. The van der Waals surface area contributed by atoms with Crippen molar-refractivity contribution in [2.24, 2.45) is 5.92 Å². The molecule has 3 aliphatic rings. The van der Waals surface area contributed by atoms with Gasteiger partial charge < -0.3 is 24.6 Å². The van der Waals surface area contributed by atoms with Gasteiger partial charge in [0.05, 0.1) is 31.2 Å². The number of aromatic nitrogens is 2. The van der Waals surface area contributed by atoms with Crippen molar-refractivity contribution in [3.8, 4) is 0 Å². The molecule has 0 radical (unpaired) electrons.